The van der Waals surface area contributed by atoms with Crippen molar-refractivity contribution in [2.45, 2.75) is 46.3 Å². The van der Waals surface area contributed by atoms with E-state index in [1.54, 1.807) is 0 Å². The molecule has 106 valence electrons. The van der Waals surface area contributed by atoms with Gasteiger partial charge in [0.05, 0.1) is 6.04 Å². The molecule has 0 spiro atoms. The Morgan fingerprint density at radius 2 is 1.95 bits per heavy atom. The minimum absolute atomic E-state index is 0.0614. The second kappa shape index (κ2) is 7.14. The van der Waals surface area contributed by atoms with E-state index in [4.69, 9.17) is 5.73 Å². The molecule has 1 rings (SSSR count). The van der Waals surface area contributed by atoms with Gasteiger partial charge < -0.3 is 11.1 Å². The number of hydrogen-bond donors (Lipinski definition) is 2. The Morgan fingerprint density at radius 3 is 2.47 bits per heavy atom. The summed E-state index contributed by atoms with van der Waals surface area (Å²) >= 11 is 0. The van der Waals surface area contributed by atoms with Crippen LogP contribution >= 0.6 is 0 Å². The predicted octanol–water partition coefficient (Wildman–Crippen LogP) is 2.00. The van der Waals surface area contributed by atoms with Crippen molar-refractivity contribution in [2.24, 2.45) is 0 Å². The number of para-hydroxylation sites is 1. The van der Waals surface area contributed by atoms with Crippen LogP contribution in [0.3, 0.4) is 0 Å². The summed E-state index contributed by atoms with van der Waals surface area (Å²) in [5.74, 6) is 0.0614. The molecule has 0 aromatic heterocycles. The van der Waals surface area contributed by atoms with Gasteiger partial charge in [0.15, 0.2) is 0 Å². The maximum absolute atomic E-state index is 12.0. The van der Waals surface area contributed by atoms with Gasteiger partial charge >= 0.3 is 0 Å². The van der Waals surface area contributed by atoms with E-state index in [0.29, 0.717) is 6.54 Å². The van der Waals surface area contributed by atoms with Crippen LogP contribution in [0.15, 0.2) is 24.3 Å². The smallest absolute Gasteiger partial charge is 0.237 e. The third kappa shape index (κ3) is 4.56. The second-order valence-corrected chi connectivity index (χ2v) is 5.10. The van der Waals surface area contributed by atoms with Gasteiger partial charge in [-0.05, 0) is 38.9 Å². The number of amides is 1. The first kappa shape index (κ1) is 15.5. The van der Waals surface area contributed by atoms with Crippen LogP contribution in [0.25, 0.3) is 0 Å². The highest BCUT2D eigenvalue weighted by molar-refractivity contribution is 5.81. The molecule has 0 aliphatic carbocycles. The van der Waals surface area contributed by atoms with Crippen molar-refractivity contribution in [1.82, 2.24) is 10.2 Å². The van der Waals surface area contributed by atoms with Crippen molar-refractivity contribution >= 4 is 11.6 Å². The van der Waals surface area contributed by atoms with E-state index in [1.165, 1.54) is 0 Å². The molecule has 1 aromatic carbocycles. The average Bonchev–Trinajstić information content (AvgIpc) is 2.36. The zero-order valence-corrected chi connectivity index (χ0v) is 12.3. The highest BCUT2D eigenvalue weighted by Crippen LogP contribution is 2.15. The molecule has 1 unspecified atom stereocenters. The first-order valence-electron chi connectivity index (χ1n) is 6.83. The Kier molecular flexibility index (Phi) is 5.83. The van der Waals surface area contributed by atoms with Gasteiger partial charge in [-0.1, -0.05) is 25.1 Å². The number of carbonyl (C=O) groups is 1. The molecular weight excluding hydrogens is 238 g/mol. The van der Waals surface area contributed by atoms with Crippen LogP contribution in [0.5, 0.6) is 0 Å². The Bertz CT molecular complexity index is 418. The fourth-order valence-electron chi connectivity index (χ4n) is 1.99. The van der Waals surface area contributed by atoms with Gasteiger partial charge in [0, 0.05) is 18.3 Å². The van der Waals surface area contributed by atoms with E-state index in [2.05, 4.69) is 17.1 Å². The predicted molar refractivity (Wildman–Crippen MR) is 79.7 cm³/mol. The van der Waals surface area contributed by atoms with Crippen molar-refractivity contribution in [1.29, 1.82) is 0 Å². The number of rotatable bonds is 6. The third-order valence-electron chi connectivity index (χ3n) is 3.19. The monoisotopic (exact) mass is 263 g/mol. The molecule has 1 atom stereocenters. The zero-order valence-electron chi connectivity index (χ0n) is 12.3. The highest BCUT2D eigenvalue weighted by Gasteiger charge is 2.20. The fraction of sp³-hybridized carbons (Fsp3) is 0.533. The SMILES string of the molecule is CCN(Cc1ccccc1N)C(C)C(=O)NC(C)C. The van der Waals surface area contributed by atoms with Crippen molar-refractivity contribution in [3.63, 3.8) is 0 Å². The van der Waals surface area contributed by atoms with Crippen LogP contribution in [-0.2, 0) is 11.3 Å². The van der Waals surface area contributed by atoms with Crippen molar-refractivity contribution in [2.75, 3.05) is 12.3 Å². The van der Waals surface area contributed by atoms with Crippen molar-refractivity contribution in [3.8, 4) is 0 Å². The fourth-order valence-corrected chi connectivity index (χ4v) is 1.99. The lowest BCUT2D eigenvalue weighted by molar-refractivity contribution is -0.126. The lowest BCUT2D eigenvalue weighted by Gasteiger charge is -2.28. The summed E-state index contributed by atoms with van der Waals surface area (Å²) in [6, 6.07) is 7.79. The molecule has 4 heteroatoms. The lowest BCUT2D eigenvalue weighted by atomic mass is 10.1. The largest absolute Gasteiger partial charge is 0.398 e. The first-order valence-corrected chi connectivity index (χ1v) is 6.83. The standard InChI is InChI=1S/C15H25N3O/c1-5-18(12(4)15(19)17-11(2)3)10-13-8-6-7-9-14(13)16/h6-9,11-12H,5,10,16H2,1-4H3,(H,17,19). The van der Waals surface area contributed by atoms with Gasteiger partial charge in [-0.25, -0.2) is 0 Å². The number of nitrogens with zero attached hydrogens (tertiary/aromatic N) is 1. The third-order valence-corrected chi connectivity index (χ3v) is 3.19. The molecule has 0 fully saturated rings. The first-order chi connectivity index (χ1) is 8.95. The van der Waals surface area contributed by atoms with E-state index in [9.17, 15) is 4.79 Å². The second-order valence-electron chi connectivity index (χ2n) is 5.10. The van der Waals surface area contributed by atoms with Crippen molar-refractivity contribution < 1.29 is 4.79 Å². The maximum Gasteiger partial charge on any atom is 0.237 e. The Labute approximate surface area is 116 Å². The summed E-state index contributed by atoms with van der Waals surface area (Å²) in [6.45, 7) is 9.42. The lowest BCUT2D eigenvalue weighted by Crippen LogP contribution is -2.46. The number of nitrogen functional groups attached to an aromatic ring is 1. The normalized spacial score (nSPS) is 12.7. The van der Waals surface area contributed by atoms with Crippen LogP contribution in [-0.4, -0.2) is 29.4 Å². The van der Waals surface area contributed by atoms with Gasteiger partial charge in [-0.15, -0.1) is 0 Å². The molecule has 0 saturated carbocycles. The number of benzene rings is 1. The number of carbonyl (C=O) groups excluding carboxylic acids is 1. The molecule has 3 N–H and O–H groups in total. The molecule has 0 aliphatic heterocycles. The van der Waals surface area contributed by atoms with Crippen LogP contribution in [0.4, 0.5) is 5.69 Å². The number of anilines is 1. The van der Waals surface area contributed by atoms with Crippen LogP contribution in [0.1, 0.15) is 33.3 Å². The molecule has 1 aromatic rings. The molecule has 0 radical (unpaired) electrons. The average molecular weight is 263 g/mol. The number of hydrogen-bond acceptors (Lipinski definition) is 3. The molecule has 0 aliphatic rings. The minimum atomic E-state index is -0.160. The van der Waals surface area contributed by atoms with Crippen molar-refractivity contribution in [3.05, 3.63) is 29.8 Å². The Hall–Kier alpha value is -1.55. The topological polar surface area (TPSA) is 58.4 Å². The Balaban J connectivity index is 2.73. The summed E-state index contributed by atoms with van der Waals surface area (Å²) in [7, 11) is 0. The van der Waals surface area contributed by atoms with Gasteiger partial charge in [0.1, 0.15) is 0 Å². The van der Waals surface area contributed by atoms with E-state index in [0.717, 1.165) is 17.8 Å². The van der Waals surface area contributed by atoms with Gasteiger partial charge in [-0.2, -0.15) is 0 Å². The summed E-state index contributed by atoms with van der Waals surface area (Å²) in [6.07, 6.45) is 0. The molecular formula is C15H25N3O. The maximum atomic E-state index is 12.0. The van der Waals surface area contributed by atoms with Gasteiger partial charge in [-0.3, -0.25) is 9.69 Å². The van der Waals surface area contributed by atoms with Crippen LogP contribution in [0, 0.1) is 0 Å². The van der Waals surface area contributed by atoms with E-state index >= 15 is 0 Å². The minimum Gasteiger partial charge on any atom is -0.398 e. The number of nitrogens with two attached hydrogens (primary N) is 1. The zero-order chi connectivity index (χ0) is 14.4. The van der Waals surface area contributed by atoms with Gasteiger partial charge in [0.2, 0.25) is 5.91 Å². The van der Waals surface area contributed by atoms with E-state index in [1.807, 2.05) is 45.0 Å². The highest BCUT2D eigenvalue weighted by atomic mass is 16.2. The molecule has 0 saturated heterocycles. The summed E-state index contributed by atoms with van der Waals surface area (Å²) in [4.78, 5) is 14.2. The summed E-state index contributed by atoms with van der Waals surface area (Å²) in [5, 5.41) is 2.95. The van der Waals surface area contributed by atoms with E-state index in [-0.39, 0.29) is 18.0 Å². The summed E-state index contributed by atoms with van der Waals surface area (Å²) < 4.78 is 0. The molecule has 0 heterocycles. The quantitative estimate of drug-likeness (QED) is 0.772. The number of likely N-dealkylation sites (N-methyl/N-ethyl adjacent to an activating group) is 1. The molecule has 0 bridgehead atoms. The van der Waals surface area contributed by atoms with Crippen LogP contribution < -0.4 is 11.1 Å². The Morgan fingerprint density at radius 1 is 1.32 bits per heavy atom. The summed E-state index contributed by atoms with van der Waals surface area (Å²) in [5.41, 5.74) is 7.79. The molecule has 4 nitrogen and oxygen atoms in total. The number of nitrogens with one attached hydrogen (secondary N) is 1. The molecule has 1 amide bonds. The van der Waals surface area contributed by atoms with Gasteiger partial charge in [0.25, 0.3) is 0 Å². The molecule has 19 heavy (non-hydrogen) atoms. The van der Waals surface area contributed by atoms with E-state index < -0.39 is 0 Å². The van der Waals surface area contributed by atoms with Crippen LogP contribution in [0.2, 0.25) is 0 Å².